The Morgan fingerprint density at radius 1 is 1.44 bits per heavy atom. The molecule has 18 heavy (non-hydrogen) atoms. The number of aromatic carboxylic acids is 1. The number of carbonyl (C=O) groups is 1. The standard InChI is InChI=1S/C14H18O4/c1-9-5-4-6-10(13(15)16)12(9)11-7-18-14(2,3)8-17-11/h4-6,11H,7-8H2,1-3H3,(H,15,16). The van der Waals surface area contributed by atoms with Crippen LogP contribution < -0.4 is 0 Å². The van der Waals surface area contributed by atoms with Gasteiger partial charge in [0.1, 0.15) is 6.10 Å². The quantitative estimate of drug-likeness (QED) is 0.876. The number of ether oxygens (including phenoxy) is 2. The minimum atomic E-state index is -0.929. The Hall–Kier alpha value is -1.39. The summed E-state index contributed by atoms with van der Waals surface area (Å²) in [5.41, 5.74) is 1.63. The zero-order valence-corrected chi connectivity index (χ0v) is 10.9. The lowest BCUT2D eigenvalue weighted by Gasteiger charge is -2.36. The van der Waals surface area contributed by atoms with E-state index in [1.165, 1.54) is 0 Å². The van der Waals surface area contributed by atoms with E-state index >= 15 is 0 Å². The lowest BCUT2D eigenvalue weighted by Crippen LogP contribution is -2.39. The van der Waals surface area contributed by atoms with E-state index in [-0.39, 0.29) is 11.7 Å². The fourth-order valence-electron chi connectivity index (χ4n) is 2.15. The van der Waals surface area contributed by atoms with E-state index in [4.69, 9.17) is 9.47 Å². The molecule has 0 amide bonds. The summed E-state index contributed by atoms with van der Waals surface area (Å²) in [6, 6.07) is 5.24. The number of hydrogen-bond acceptors (Lipinski definition) is 3. The van der Waals surface area contributed by atoms with E-state index in [9.17, 15) is 9.90 Å². The highest BCUT2D eigenvalue weighted by molar-refractivity contribution is 5.90. The third-order valence-electron chi connectivity index (χ3n) is 3.13. The molecule has 1 aliphatic heterocycles. The van der Waals surface area contributed by atoms with Gasteiger partial charge < -0.3 is 14.6 Å². The van der Waals surface area contributed by atoms with Crippen molar-refractivity contribution in [3.05, 3.63) is 34.9 Å². The molecule has 1 aromatic rings. The van der Waals surface area contributed by atoms with Crippen LogP contribution in [0, 0.1) is 6.92 Å². The van der Waals surface area contributed by atoms with Crippen LogP contribution in [0.15, 0.2) is 18.2 Å². The molecule has 1 aromatic carbocycles. The minimum absolute atomic E-state index is 0.295. The summed E-state index contributed by atoms with van der Waals surface area (Å²) in [6.07, 6.45) is -0.301. The number of benzene rings is 1. The molecule has 1 heterocycles. The average molecular weight is 250 g/mol. The summed E-state index contributed by atoms with van der Waals surface area (Å²) < 4.78 is 11.5. The van der Waals surface area contributed by atoms with Crippen molar-refractivity contribution < 1.29 is 19.4 Å². The topological polar surface area (TPSA) is 55.8 Å². The van der Waals surface area contributed by atoms with Gasteiger partial charge in [-0.05, 0) is 32.4 Å². The second-order valence-electron chi connectivity index (χ2n) is 5.21. The molecule has 0 bridgehead atoms. The second kappa shape index (κ2) is 4.71. The average Bonchev–Trinajstić information content (AvgIpc) is 2.29. The molecule has 0 aromatic heterocycles. The first-order valence-electron chi connectivity index (χ1n) is 5.99. The second-order valence-corrected chi connectivity index (χ2v) is 5.21. The van der Waals surface area contributed by atoms with Crippen molar-refractivity contribution in [1.82, 2.24) is 0 Å². The van der Waals surface area contributed by atoms with Gasteiger partial charge in [0.05, 0.1) is 24.4 Å². The summed E-state index contributed by atoms with van der Waals surface area (Å²) in [5, 5.41) is 9.23. The highest BCUT2D eigenvalue weighted by atomic mass is 16.6. The SMILES string of the molecule is Cc1cccc(C(=O)O)c1C1COC(C)(C)CO1. The van der Waals surface area contributed by atoms with Crippen molar-refractivity contribution in [3.8, 4) is 0 Å². The normalized spacial score (nSPS) is 22.7. The van der Waals surface area contributed by atoms with Gasteiger partial charge in [0.25, 0.3) is 0 Å². The van der Waals surface area contributed by atoms with Crippen LogP contribution in [0.3, 0.4) is 0 Å². The van der Waals surface area contributed by atoms with E-state index in [1.54, 1.807) is 12.1 Å². The van der Waals surface area contributed by atoms with Crippen LogP contribution in [0.25, 0.3) is 0 Å². The molecule has 2 rings (SSSR count). The largest absolute Gasteiger partial charge is 0.478 e. The van der Waals surface area contributed by atoms with Crippen LogP contribution >= 0.6 is 0 Å². The Balaban J connectivity index is 2.31. The van der Waals surface area contributed by atoms with Crippen molar-refractivity contribution in [2.75, 3.05) is 13.2 Å². The van der Waals surface area contributed by atoms with Gasteiger partial charge in [0, 0.05) is 5.56 Å². The minimum Gasteiger partial charge on any atom is -0.478 e. The van der Waals surface area contributed by atoms with Crippen LogP contribution in [0.4, 0.5) is 0 Å². The van der Waals surface area contributed by atoms with Gasteiger partial charge in [-0.15, -0.1) is 0 Å². The van der Waals surface area contributed by atoms with Gasteiger partial charge >= 0.3 is 5.97 Å². The van der Waals surface area contributed by atoms with Crippen molar-refractivity contribution in [2.24, 2.45) is 0 Å². The van der Waals surface area contributed by atoms with E-state index in [0.29, 0.717) is 18.8 Å². The van der Waals surface area contributed by atoms with E-state index in [0.717, 1.165) is 11.1 Å². The molecule has 0 aliphatic carbocycles. The zero-order chi connectivity index (χ0) is 13.3. The maximum Gasteiger partial charge on any atom is 0.336 e. The number of carboxylic acid groups (broad SMARTS) is 1. The monoisotopic (exact) mass is 250 g/mol. The van der Waals surface area contributed by atoms with Crippen LogP contribution in [0.1, 0.15) is 41.4 Å². The van der Waals surface area contributed by atoms with Crippen molar-refractivity contribution in [1.29, 1.82) is 0 Å². The molecule has 4 heteroatoms. The Bertz CT molecular complexity index is 455. The Morgan fingerprint density at radius 2 is 2.17 bits per heavy atom. The number of carboxylic acids is 1. The van der Waals surface area contributed by atoms with Gasteiger partial charge in [-0.3, -0.25) is 0 Å². The summed E-state index contributed by atoms with van der Waals surface area (Å²) in [5.74, 6) is -0.929. The molecule has 1 fully saturated rings. The first kappa shape index (κ1) is 13.1. The van der Waals surface area contributed by atoms with Crippen LogP contribution in [0.5, 0.6) is 0 Å². The Labute approximate surface area is 107 Å². The molecule has 1 unspecified atom stereocenters. The predicted molar refractivity (Wildman–Crippen MR) is 66.9 cm³/mol. The third-order valence-corrected chi connectivity index (χ3v) is 3.13. The molecular weight excluding hydrogens is 232 g/mol. The van der Waals surface area contributed by atoms with Crippen molar-refractivity contribution >= 4 is 5.97 Å². The molecule has 4 nitrogen and oxygen atoms in total. The molecule has 0 saturated carbocycles. The Morgan fingerprint density at radius 3 is 2.72 bits per heavy atom. The molecule has 0 spiro atoms. The highest BCUT2D eigenvalue weighted by Crippen LogP contribution is 2.31. The molecule has 1 N–H and O–H groups in total. The van der Waals surface area contributed by atoms with Gasteiger partial charge in [0.2, 0.25) is 0 Å². The molecule has 1 atom stereocenters. The first-order valence-corrected chi connectivity index (χ1v) is 5.99. The van der Waals surface area contributed by atoms with E-state index < -0.39 is 5.97 Å². The van der Waals surface area contributed by atoms with Gasteiger partial charge in [-0.2, -0.15) is 0 Å². The van der Waals surface area contributed by atoms with Crippen LogP contribution in [-0.2, 0) is 9.47 Å². The number of aryl methyl sites for hydroxylation is 1. The predicted octanol–water partition coefficient (Wildman–Crippen LogP) is 2.56. The smallest absolute Gasteiger partial charge is 0.336 e. The number of hydrogen-bond donors (Lipinski definition) is 1. The van der Waals surface area contributed by atoms with Crippen molar-refractivity contribution in [3.63, 3.8) is 0 Å². The van der Waals surface area contributed by atoms with Crippen LogP contribution in [0.2, 0.25) is 0 Å². The number of rotatable bonds is 2. The zero-order valence-electron chi connectivity index (χ0n) is 10.9. The maximum atomic E-state index is 11.2. The first-order chi connectivity index (χ1) is 8.41. The summed E-state index contributed by atoms with van der Waals surface area (Å²) >= 11 is 0. The van der Waals surface area contributed by atoms with E-state index in [2.05, 4.69) is 0 Å². The summed E-state index contributed by atoms with van der Waals surface area (Å²) in [4.78, 5) is 11.2. The third kappa shape index (κ3) is 2.54. The molecule has 0 radical (unpaired) electrons. The lowest BCUT2D eigenvalue weighted by molar-refractivity contribution is -0.177. The summed E-state index contributed by atoms with van der Waals surface area (Å²) in [6.45, 7) is 6.66. The fraction of sp³-hybridized carbons (Fsp3) is 0.500. The fourth-order valence-corrected chi connectivity index (χ4v) is 2.15. The van der Waals surface area contributed by atoms with Gasteiger partial charge in [-0.1, -0.05) is 12.1 Å². The lowest BCUT2D eigenvalue weighted by atomic mass is 9.96. The molecule has 98 valence electrons. The maximum absolute atomic E-state index is 11.2. The van der Waals surface area contributed by atoms with Crippen LogP contribution in [-0.4, -0.2) is 29.9 Å². The highest BCUT2D eigenvalue weighted by Gasteiger charge is 2.31. The Kier molecular flexibility index (Phi) is 3.41. The molecule has 1 saturated heterocycles. The molecule has 1 aliphatic rings. The van der Waals surface area contributed by atoms with E-state index in [1.807, 2.05) is 26.8 Å². The van der Waals surface area contributed by atoms with Gasteiger partial charge in [-0.25, -0.2) is 4.79 Å². The van der Waals surface area contributed by atoms with Crippen molar-refractivity contribution in [2.45, 2.75) is 32.5 Å². The summed E-state index contributed by atoms with van der Waals surface area (Å²) in [7, 11) is 0. The van der Waals surface area contributed by atoms with Gasteiger partial charge in [0.15, 0.2) is 0 Å². The molecular formula is C14H18O4.